The molecule has 4 nitrogen and oxygen atoms in total. The van der Waals surface area contributed by atoms with Gasteiger partial charge in [-0.25, -0.2) is 0 Å². The summed E-state index contributed by atoms with van der Waals surface area (Å²) in [6.07, 6.45) is 0. The zero-order valence-corrected chi connectivity index (χ0v) is 38.0. The third-order valence-corrected chi connectivity index (χ3v) is 9.85. The number of hydrogen-bond acceptors (Lipinski definition) is 2. The minimum absolute atomic E-state index is 0. The van der Waals surface area contributed by atoms with Crippen molar-refractivity contribution in [1.29, 1.82) is 0 Å². The van der Waals surface area contributed by atoms with Crippen LogP contribution < -0.4 is 20.8 Å². The predicted molar refractivity (Wildman–Crippen MR) is 213 cm³/mol. The summed E-state index contributed by atoms with van der Waals surface area (Å²) in [7, 11) is 0.209. The van der Waals surface area contributed by atoms with Gasteiger partial charge in [-0.3, -0.25) is 0 Å². The van der Waals surface area contributed by atoms with E-state index < -0.39 is 0 Å². The van der Waals surface area contributed by atoms with Crippen LogP contribution in [0.5, 0.6) is 0 Å². The summed E-state index contributed by atoms with van der Waals surface area (Å²) >= 11 is 0. The molecule has 0 N–H and O–H groups in total. The summed E-state index contributed by atoms with van der Waals surface area (Å²) in [6, 6.07) is 42.9. The number of aryl methyl sites for hydroxylation is 6. The molecule has 0 aliphatic rings. The van der Waals surface area contributed by atoms with Gasteiger partial charge < -0.3 is 20.4 Å². The van der Waals surface area contributed by atoms with Gasteiger partial charge in [-0.1, -0.05) is 104 Å². The van der Waals surface area contributed by atoms with Crippen molar-refractivity contribution in [1.82, 2.24) is 20.4 Å². The average molecular weight is 1070 g/mol. The Balaban J connectivity index is 0. The van der Waals surface area contributed by atoms with Crippen LogP contribution in [0.1, 0.15) is 45.0 Å². The van der Waals surface area contributed by atoms with Crippen LogP contribution in [-0.2, 0) is 42.1 Å². The largest absolute Gasteiger partial charge is 2.00 e. The van der Waals surface area contributed by atoms with Gasteiger partial charge in [-0.2, -0.15) is 71.8 Å². The van der Waals surface area contributed by atoms with Gasteiger partial charge in [0.1, 0.15) is 0 Å². The molecule has 0 aliphatic heterocycles. The van der Waals surface area contributed by atoms with Crippen molar-refractivity contribution in [2.75, 3.05) is 26.7 Å². The van der Waals surface area contributed by atoms with E-state index in [0.29, 0.717) is 0 Å². The van der Waals surface area contributed by atoms with Crippen LogP contribution >= 0.6 is 15.8 Å². The molecule has 8 heteroatoms. The number of hydrogen-bond donors (Lipinski definition) is 0. The summed E-state index contributed by atoms with van der Waals surface area (Å²) in [5.41, 5.74) is 9.18. The zero-order chi connectivity index (χ0) is 35.9. The van der Waals surface area contributed by atoms with Crippen LogP contribution in [0.2, 0.25) is 0 Å². The molecule has 50 heavy (non-hydrogen) atoms. The summed E-state index contributed by atoms with van der Waals surface area (Å²) in [4.78, 5) is 0. The molecular weight excluding hydrogens is 1010 g/mol. The third-order valence-electron chi connectivity index (χ3n) is 7.19. The fourth-order valence-corrected chi connectivity index (χ4v) is 5.05. The SMILES string of the molecule is CP(C)c1ccccc1.CP(C)c1ccccc1.Cc1cc[c-]cc1.Cc1cc[c-]cc1.Cc1n[n-]c(C)c1C.Cc1n[n-]c(C)c1C.[Pt+2].[Pt+2]. The molecule has 0 amide bonds. The van der Waals surface area contributed by atoms with Crippen molar-refractivity contribution in [3.05, 3.63) is 166 Å². The molecule has 0 saturated heterocycles. The molecule has 0 spiro atoms. The fourth-order valence-electron chi connectivity index (χ4n) is 3.52. The van der Waals surface area contributed by atoms with E-state index in [4.69, 9.17) is 0 Å². The van der Waals surface area contributed by atoms with Gasteiger partial charge in [0.05, 0.1) is 0 Å². The second-order valence-corrected chi connectivity index (χ2v) is 16.2. The molecule has 0 radical (unpaired) electrons. The van der Waals surface area contributed by atoms with Gasteiger partial charge >= 0.3 is 42.1 Å². The van der Waals surface area contributed by atoms with E-state index in [1.165, 1.54) is 32.9 Å². The second-order valence-electron chi connectivity index (χ2n) is 11.6. The van der Waals surface area contributed by atoms with Crippen LogP contribution in [0.25, 0.3) is 0 Å². The Kier molecular flexibility index (Phi) is 28.9. The maximum absolute atomic E-state index is 3.87. The van der Waals surface area contributed by atoms with Gasteiger partial charge in [0.2, 0.25) is 0 Å². The minimum atomic E-state index is 0. The Morgan fingerprint density at radius 2 is 0.720 bits per heavy atom. The maximum Gasteiger partial charge on any atom is 2.00 e. The molecule has 0 saturated carbocycles. The molecule has 272 valence electrons. The molecule has 0 aliphatic carbocycles. The third kappa shape index (κ3) is 22.4. The van der Waals surface area contributed by atoms with E-state index in [0.717, 1.165) is 22.8 Å². The topological polar surface area (TPSA) is 54.0 Å². The molecule has 0 bridgehead atoms. The first kappa shape index (κ1) is 49.6. The van der Waals surface area contributed by atoms with E-state index in [1.54, 1.807) is 0 Å². The van der Waals surface area contributed by atoms with Crippen molar-refractivity contribution in [2.45, 2.75) is 55.4 Å². The first-order valence-corrected chi connectivity index (χ1v) is 20.5. The van der Waals surface area contributed by atoms with Gasteiger partial charge in [0, 0.05) is 11.4 Å². The van der Waals surface area contributed by atoms with Gasteiger partial charge in [-0.15, -0.1) is 11.4 Å². The zero-order valence-electron chi connectivity index (χ0n) is 31.7. The molecule has 2 aromatic heterocycles. The van der Waals surface area contributed by atoms with E-state index in [2.05, 4.69) is 134 Å². The van der Waals surface area contributed by atoms with Crippen molar-refractivity contribution in [3.63, 3.8) is 0 Å². The summed E-state index contributed by atoms with van der Waals surface area (Å²) in [5.74, 6) is 0. The average Bonchev–Trinajstić information content (AvgIpc) is 3.56. The molecule has 6 aromatic rings. The van der Waals surface area contributed by atoms with Crippen LogP contribution in [0.4, 0.5) is 0 Å². The van der Waals surface area contributed by atoms with Crippen molar-refractivity contribution in [2.24, 2.45) is 0 Å². The standard InChI is InChI=1S/2C8H11P.2C7H7.2C6H9N2.2Pt/c2*1-9(2)8-6-4-3-5-7-8;2*1-7-5-3-2-4-6-7;2*1-4-5(2)7-8-6(4)3;;/h2*3-7H,1-2H3;2*3-6H,1H3;2*1-3H3;;/q;;4*-1;2*+2. The molecule has 0 fully saturated rings. The summed E-state index contributed by atoms with van der Waals surface area (Å²) in [5, 5.41) is 18.4. The van der Waals surface area contributed by atoms with Crippen LogP contribution in [0.3, 0.4) is 0 Å². The molecular formula is C42H54N4P2Pt2. The first-order valence-electron chi connectivity index (χ1n) is 16.0. The van der Waals surface area contributed by atoms with Gasteiger partial charge in [-0.05, 0) is 76.1 Å². The van der Waals surface area contributed by atoms with Crippen molar-refractivity contribution >= 4 is 26.5 Å². The Bertz CT molecular complexity index is 1480. The van der Waals surface area contributed by atoms with E-state index in [-0.39, 0.29) is 58.0 Å². The molecule has 6 rings (SSSR count). The molecule has 4 aromatic carbocycles. The monoisotopic (exact) mass is 1070 g/mol. The predicted octanol–water partition coefficient (Wildman–Crippen LogP) is 9.62. The second kappa shape index (κ2) is 29.1. The molecule has 2 heterocycles. The number of aromatic nitrogens is 4. The van der Waals surface area contributed by atoms with Crippen LogP contribution in [-0.4, -0.2) is 36.9 Å². The van der Waals surface area contributed by atoms with Crippen molar-refractivity contribution in [3.8, 4) is 0 Å². The first-order chi connectivity index (χ1) is 22.8. The maximum atomic E-state index is 3.87. The van der Waals surface area contributed by atoms with Gasteiger partial charge in [0.15, 0.2) is 0 Å². The Morgan fingerprint density at radius 3 is 0.840 bits per heavy atom. The Labute approximate surface area is 335 Å². The summed E-state index contributed by atoms with van der Waals surface area (Å²) < 4.78 is 0. The normalized spacial score (nSPS) is 9.24. The Morgan fingerprint density at radius 1 is 0.440 bits per heavy atom. The van der Waals surface area contributed by atoms with Gasteiger partial charge in [0.25, 0.3) is 0 Å². The van der Waals surface area contributed by atoms with E-state index in [9.17, 15) is 0 Å². The number of rotatable bonds is 2. The van der Waals surface area contributed by atoms with Crippen LogP contribution in [0.15, 0.2) is 109 Å². The minimum Gasteiger partial charge on any atom is -0.579 e. The number of nitrogens with zero attached hydrogens (tertiary/aromatic N) is 4. The summed E-state index contributed by atoms with van der Waals surface area (Å²) in [6.45, 7) is 25.1. The molecule has 0 atom stereocenters. The fraction of sp³-hybridized carbons (Fsp3) is 0.286. The van der Waals surface area contributed by atoms with E-state index >= 15 is 0 Å². The quantitative estimate of drug-likeness (QED) is 0.128. The number of benzene rings is 4. The Hall–Kier alpha value is -2.46. The molecule has 0 unspecified atom stereocenters. The van der Waals surface area contributed by atoms with E-state index in [1.807, 2.05) is 90.1 Å². The smallest absolute Gasteiger partial charge is 0.579 e. The van der Waals surface area contributed by atoms with Crippen LogP contribution in [0, 0.1) is 67.5 Å². The van der Waals surface area contributed by atoms with Crippen molar-refractivity contribution < 1.29 is 42.1 Å².